The summed E-state index contributed by atoms with van der Waals surface area (Å²) in [6.45, 7) is 1.82. The second-order valence-corrected chi connectivity index (χ2v) is 5.69. The molecule has 1 saturated carbocycles. The molecule has 0 aromatic rings. The van der Waals surface area contributed by atoms with Gasteiger partial charge in [-0.3, -0.25) is 0 Å². The lowest BCUT2D eigenvalue weighted by molar-refractivity contribution is 0.0216. The van der Waals surface area contributed by atoms with Crippen molar-refractivity contribution in [1.82, 2.24) is 10.2 Å². The fourth-order valence-electron chi connectivity index (χ4n) is 2.52. The van der Waals surface area contributed by atoms with Gasteiger partial charge < -0.3 is 20.4 Å². The molecule has 0 amide bonds. The fraction of sp³-hybridized carbons (Fsp3) is 1.00. The Labute approximate surface area is 105 Å². The number of rotatable bonds is 6. The molecule has 0 aromatic carbocycles. The summed E-state index contributed by atoms with van der Waals surface area (Å²) in [6.07, 6.45) is 6.15. The maximum absolute atomic E-state index is 10.4. The van der Waals surface area contributed by atoms with Crippen LogP contribution in [0.4, 0.5) is 0 Å². The Morgan fingerprint density at radius 2 is 1.76 bits per heavy atom. The minimum atomic E-state index is -0.547. The number of hydrogen-bond donors (Lipinski definition) is 3. The molecule has 4 nitrogen and oxygen atoms in total. The van der Waals surface area contributed by atoms with Gasteiger partial charge >= 0.3 is 0 Å². The Bertz CT molecular complexity index is 202. The third kappa shape index (κ3) is 6.36. The van der Waals surface area contributed by atoms with Gasteiger partial charge in [-0.1, -0.05) is 25.7 Å². The lowest BCUT2D eigenvalue weighted by atomic mass is 9.94. The molecule has 1 atom stereocenters. The van der Waals surface area contributed by atoms with Crippen molar-refractivity contribution in [2.45, 2.75) is 50.2 Å². The Hall–Kier alpha value is -0.160. The first-order valence-electron chi connectivity index (χ1n) is 6.78. The van der Waals surface area contributed by atoms with E-state index in [1.807, 2.05) is 19.0 Å². The topological polar surface area (TPSA) is 55.7 Å². The lowest BCUT2D eigenvalue weighted by Crippen LogP contribution is -2.44. The number of nitrogens with one attached hydrogen (secondary N) is 1. The van der Waals surface area contributed by atoms with Gasteiger partial charge in [0.15, 0.2) is 0 Å². The van der Waals surface area contributed by atoms with Gasteiger partial charge in [0.05, 0.1) is 11.7 Å². The highest BCUT2D eigenvalue weighted by molar-refractivity contribution is 4.83. The van der Waals surface area contributed by atoms with E-state index in [1.54, 1.807) is 0 Å². The second-order valence-electron chi connectivity index (χ2n) is 5.69. The third-order valence-electron chi connectivity index (χ3n) is 3.44. The van der Waals surface area contributed by atoms with E-state index < -0.39 is 5.60 Å². The van der Waals surface area contributed by atoms with E-state index in [1.165, 1.54) is 12.8 Å². The summed E-state index contributed by atoms with van der Waals surface area (Å²) < 4.78 is 0. The largest absolute Gasteiger partial charge is 0.390 e. The van der Waals surface area contributed by atoms with Gasteiger partial charge in [0.2, 0.25) is 0 Å². The van der Waals surface area contributed by atoms with Crippen LogP contribution < -0.4 is 5.32 Å². The van der Waals surface area contributed by atoms with Crippen LogP contribution in [0.3, 0.4) is 0 Å². The molecule has 3 N–H and O–H groups in total. The van der Waals surface area contributed by atoms with E-state index in [0.717, 1.165) is 25.7 Å². The highest BCUT2D eigenvalue weighted by Gasteiger charge is 2.27. The van der Waals surface area contributed by atoms with Gasteiger partial charge in [-0.15, -0.1) is 0 Å². The third-order valence-corrected chi connectivity index (χ3v) is 3.44. The molecule has 0 spiro atoms. The summed E-state index contributed by atoms with van der Waals surface area (Å²) >= 11 is 0. The first kappa shape index (κ1) is 14.9. The molecule has 1 rings (SSSR count). The predicted octanol–water partition coefficient (Wildman–Crippen LogP) is 0.584. The second kappa shape index (κ2) is 7.31. The van der Waals surface area contributed by atoms with Crippen molar-refractivity contribution < 1.29 is 10.2 Å². The monoisotopic (exact) mass is 244 g/mol. The summed E-state index contributed by atoms with van der Waals surface area (Å²) in [5.41, 5.74) is -0.547. The van der Waals surface area contributed by atoms with Crippen LogP contribution in [0, 0.1) is 0 Å². The molecule has 0 saturated heterocycles. The van der Waals surface area contributed by atoms with Crippen LogP contribution >= 0.6 is 0 Å². The molecule has 0 heterocycles. The van der Waals surface area contributed by atoms with E-state index in [-0.39, 0.29) is 6.10 Å². The Kier molecular flexibility index (Phi) is 6.41. The zero-order valence-corrected chi connectivity index (χ0v) is 11.3. The maximum atomic E-state index is 10.4. The molecule has 1 unspecified atom stereocenters. The van der Waals surface area contributed by atoms with Gasteiger partial charge in [-0.05, 0) is 26.9 Å². The Morgan fingerprint density at radius 1 is 1.18 bits per heavy atom. The van der Waals surface area contributed by atoms with Crippen LogP contribution in [0.25, 0.3) is 0 Å². The molecule has 1 fully saturated rings. The van der Waals surface area contributed by atoms with Crippen molar-refractivity contribution in [3.8, 4) is 0 Å². The van der Waals surface area contributed by atoms with E-state index in [9.17, 15) is 10.2 Å². The van der Waals surface area contributed by atoms with Crippen LogP contribution in [0.1, 0.15) is 38.5 Å². The Morgan fingerprint density at radius 3 is 2.29 bits per heavy atom. The smallest absolute Gasteiger partial charge is 0.0791 e. The van der Waals surface area contributed by atoms with Crippen LogP contribution in [0.15, 0.2) is 0 Å². The molecule has 0 bridgehead atoms. The molecule has 0 aromatic heterocycles. The highest BCUT2D eigenvalue weighted by atomic mass is 16.3. The van der Waals surface area contributed by atoms with E-state index in [4.69, 9.17) is 0 Å². The summed E-state index contributed by atoms with van der Waals surface area (Å²) in [4.78, 5) is 1.96. The fourth-order valence-corrected chi connectivity index (χ4v) is 2.52. The molecular formula is C13H28N2O2. The van der Waals surface area contributed by atoms with Crippen molar-refractivity contribution in [2.75, 3.05) is 33.7 Å². The normalized spacial score (nSPS) is 22.4. The number of aliphatic hydroxyl groups is 2. The first-order chi connectivity index (χ1) is 8.02. The molecule has 102 valence electrons. The average molecular weight is 244 g/mol. The summed E-state index contributed by atoms with van der Waals surface area (Å²) in [7, 11) is 3.89. The predicted molar refractivity (Wildman–Crippen MR) is 70.1 cm³/mol. The molecule has 4 heteroatoms. The molecule has 1 aliphatic carbocycles. The van der Waals surface area contributed by atoms with Crippen LogP contribution in [0.5, 0.6) is 0 Å². The molecule has 0 aliphatic heterocycles. The van der Waals surface area contributed by atoms with Crippen molar-refractivity contribution in [3.63, 3.8) is 0 Å². The maximum Gasteiger partial charge on any atom is 0.0791 e. The number of nitrogens with zero attached hydrogens (tertiary/aromatic N) is 1. The number of hydrogen-bond acceptors (Lipinski definition) is 4. The van der Waals surface area contributed by atoms with Gasteiger partial charge in [0.25, 0.3) is 0 Å². The van der Waals surface area contributed by atoms with Gasteiger partial charge in [0, 0.05) is 19.6 Å². The zero-order chi connectivity index (χ0) is 12.7. The van der Waals surface area contributed by atoms with Gasteiger partial charge in [-0.25, -0.2) is 0 Å². The standard InChI is InChI=1S/C13H28N2O2/c1-15(2)10-12(16)9-14-11-13(17)7-5-3-4-6-8-13/h12,14,16-17H,3-11H2,1-2H3. The number of likely N-dealkylation sites (N-methyl/N-ethyl adjacent to an activating group) is 1. The van der Waals surface area contributed by atoms with Crippen LogP contribution in [-0.4, -0.2) is 60.5 Å². The minimum Gasteiger partial charge on any atom is -0.390 e. The van der Waals surface area contributed by atoms with Crippen molar-refractivity contribution in [1.29, 1.82) is 0 Å². The Balaban J connectivity index is 2.19. The summed E-state index contributed by atoms with van der Waals surface area (Å²) in [5.74, 6) is 0. The summed E-state index contributed by atoms with van der Waals surface area (Å²) in [5, 5.41) is 23.3. The SMILES string of the molecule is CN(C)CC(O)CNCC1(O)CCCCCC1. The highest BCUT2D eigenvalue weighted by Crippen LogP contribution is 2.26. The first-order valence-corrected chi connectivity index (χ1v) is 6.78. The quantitative estimate of drug-likeness (QED) is 0.598. The zero-order valence-electron chi connectivity index (χ0n) is 11.3. The van der Waals surface area contributed by atoms with Crippen molar-refractivity contribution in [3.05, 3.63) is 0 Å². The van der Waals surface area contributed by atoms with E-state index in [0.29, 0.717) is 19.6 Å². The summed E-state index contributed by atoms with van der Waals surface area (Å²) in [6, 6.07) is 0. The lowest BCUT2D eigenvalue weighted by Gasteiger charge is -2.27. The van der Waals surface area contributed by atoms with Crippen molar-refractivity contribution in [2.24, 2.45) is 0 Å². The van der Waals surface area contributed by atoms with E-state index >= 15 is 0 Å². The van der Waals surface area contributed by atoms with Crippen LogP contribution in [0.2, 0.25) is 0 Å². The minimum absolute atomic E-state index is 0.362. The molecule has 0 radical (unpaired) electrons. The van der Waals surface area contributed by atoms with Gasteiger partial charge in [0.1, 0.15) is 0 Å². The van der Waals surface area contributed by atoms with E-state index in [2.05, 4.69) is 5.32 Å². The van der Waals surface area contributed by atoms with Crippen LogP contribution in [-0.2, 0) is 0 Å². The molecular weight excluding hydrogens is 216 g/mol. The number of aliphatic hydroxyl groups excluding tert-OH is 1. The van der Waals surface area contributed by atoms with Gasteiger partial charge in [-0.2, -0.15) is 0 Å². The van der Waals surface area contributed by atoms with Crippen molar-refractivity contribution >= 4 is 0 Å². The molecule has 1 aliphatic rings. The molecule has 17 heavy (non-hydrogen) atoms. The average Bonchev–Trinajstić information content (AvgIpc) is 2.42.